The normalized spacial score (nSPS) is 21.7. The summed E-state index contributed by atoms with van der Waals surface area (Å²) in [6.07, 6.45) is 3.12. The molecule has 1 heterocycles. The lowest BCUT2D eigenvalue weighted by Gasteiger charge is -2.35. The lowest BCUT2D eigenvalue weighted by atomic mass is 10.0. The molecule has 0 bridgehead atoms. The van der Waals surface area contributed by atoms with Gasteiger partial charge in [0.25, 0.3) is 5.91 Å². The van der Waals surface area contributed by atoms with Crippen LogP contribution in [-0.4, -0.2) is 65.7 Å². The van der Waals surface area contributed by atoms with E-state index < -0.39 is 5.60 Å². The predicted octanol–water partition coefficient (Wildman–Crippen LogP) is 1.23. The predicted molar refractivity (Wildman–Crippen MR) is 94.6 cm³/mol. The fraction of sp³-hybridized carbons (Fsp3) is 0.632. The Balaban J connectivity index is 1.33. The largest absolute Gasteiger partial charge is 0.380 e. The van der Waals surface area contributed by atoms with Crippen LogP contribution in [0.5, 0.6) is 0 Å². The van der Waals surface area contributed by atoms with Crippen molar-refractivity contribution in [2.75, 3.05) is 39.3 Å². The number of hydrogen-bond donors (Lipinski definition) is 2. The molecule has 5 heteroatoms. The van der Waals surface area contributed by atoms with Crippen molar-refractivity contribution >= 4 is 5.91 Å². The number of piperazine rings is 1. The van der Waals surface area contributed by atoms with Gasteiger partial charge in [0.05, 0.1) is 0 Å². The lowest BCUT2D eigenvalue weighted by Crippen LogP contribution is -2.50. The van der Waals surface area contributed by atoms with Gasteiger partial charge in [-0.05, 0) is 31.2 Å². The van der Waals surface area contributed by atoms with Crippen LogP contribution < -0.4 is 5.32 Å². The molecule has 2 fully saturated rings. The average Bonchev–Trinajstić information content (AvgIpc) is 3.05. The molecule has 132 valence electrons. The molecule has 5 nitrogen and oxygen atoms in total. The molecule has 0 atom stereocenters. The molecule has 0 aromatic heterocycles. The number of carbonyl (C=O) groups is 1. The molecule has 24 heavy (non-hydrogen) atoms. The zero-order chi connectivity index (χ0) is 16.8. The topological polar surface area (TPSA) is 55.8 Å². The van der Waals surface area contributed by atoms with Crippen molar-refractivity contribution in [1.82, 2.24) is 15.1 Å². The van der Waals surface area contributed by atoms with E-state index in [2.05, 4.69) is 45.4 Å². The quantitative estimate of drug-likeness (QED) is 0.823. The van der Waals surface area contributed by atoms with Crippen molar-refractivity contribution in [3.63, 3.8) is 0 Å². The highest BCUT2D eigenvalue weighted by molar-refractivity contribution is 5.85. The number of rotatable bonds is 6. The number of amides is 1. The van der Waals surface area contributed by atoms with Gasteiger partial charge in [0.15, 0.2) is 0 Å². The fourth-order valence-corrected chi connectivity index (χ4v) is 3.69. The Morgan fingerprint density at radius 3 is 2.33 bits per heavy atom. The first-order valence-corrected chi connectivity index (χ1v) is 9.15. The molecule has 1 amide bonds. The first-order valence-electron chi connectivity index (χ1n) is 9.15. The average molecular weight is 331 g/mol. The number of hydrogen-bond acceptors (Lipinski definition) is 4. The number of nitrogens with one attached hydrogen (secondary N) is 1. The van der Waals surface area contributed by atoms with Crippen LogP contribution in [0.15, 0.2) is 30.3 Å². The number of benzene rings is 1. The van der Waals surface area contributed by atoms with Crippen LogP contribution in [0.25, 0.3) is 0 Å². The van der Waals surface area contributed by atoms with Gasteiger partial charge in [-0.2, -0.15) is 0 Å². The van der Waals surface area contributed by atoms with Gasteiger partial charge in [0, 0.05) is 45.8 Å². The van der Waals surface area contributed by atoms with Gasteiger partial charge in [0.2, 0.25) is 0 Å². The van der Waals surface area contributed by atoms with Gasteiger partial charge in [-0.1, -0.05) is 30.3 Å². The number of aliphatic hydroxyl groups is 1. The third-order valence-corrected chi connectivity index (χ3v) is 5.28. The molecule has 2 aliphatic rings. The van der Waals surface area contributed by atoms with Crippen molar-refractivity contribution in [3.8, 4) is 0 Å². The minimum absolute atomic E-state index is 0.178. The standard InChI is InChI=1S/C19H29N3O2/c23-18(19(24)8-4-5-9-19)20-10-11-21-12-14-22(15-13-21)16-17-6-2-1-3-7-17/h1-3,6-7,24H,4-5,8-16H2,(H,20,23). The molecule has 1 aliphatic heterocycles. The second-order valence-corrected chi connectivity index (χ2v) is 7.10. The summed E-state index contributed by atoms with van der Waals surface area (Å²) < 4.78 is 0. The van der Waals surface area contributed by atoms with Crippen LogP contribution >= 0.6 is 0 Å². The summed E-state index contributed by atoms with van der Waals surface area (Å²) in [4.78, 5) is 16.9. The Hall–Kier alpha value is -1.43. The molecule has 1 saturated carbocycles. The van der Waals surface area contributed by atoms with Gasteiger partial charge >= 0.3 is 0 Å². The van der Waals surface area contributed by atoms with E-state index in [-0.39, 0.29) is 5.91 Å². The van der Waals surface area contributed by atoms with E-state index in [1.165, 1.54) is 5.56 Å². The maximum absolute atomic E-state index is 12.1. The van der Waals surface area contributed by atoms with E-state index >= 15 is 0 Å². The molecule has 2 N–H and O–H groups in total. The molecular weight excluding hydrogens is 302 g/mol. The van der Waals surface area contributed by atoms with E-state index in [9.17, 15) is 9.90 Å². The Bertz CT molecular complexity index is 521. The Morgan fingerprint density at radius 1 is 1.04 bits per heavy atom. The smallest absolute Gasteiger partial charge is 0.252 e. The van der Waals surface area contributed by atoms with Crippen LogP contribution in [-0.2, 0) is 11.3 Å². The zero-order valence-corrected chi connectivity index (χ0v) is 14.4. The van der Waals surface area contributed by atoms with E-state index in [0.717, 1.165) is 52.1 Å². The summed E-state index contributed by atoms with van der Waals surface area (Å²) >= 11 is 0. The van der Waals surface area contributed by atoms with Crippen LogP contribution in [0.4, 0.5) is 0 Å². The fourth-order valence-electron chi connectivity index (χ4n) is 3.69. The second kappa shape index (κ2) is 8.10. The van der Waals surface area contributed by atoms with Crippen LogP contribution in [0.2, 0.25) is 0 Å². The summed E-state index contributed by atoms with van der Waals surface area (Å²) in [7, 11) is 0. The molecule has 1 aromatic carbocycles. The number of nitrogens with zero attached hydrogens (tertiary/aromatic N) is 2. The highest BCUT2D eigenvalue weighted by Crippen LogP contribution is 2.29. The van der Waals surface area contributed by atoms with Crippen molar-refractivity contribution in [3.05, 3.63) is 35.9 Å². The Morgan fingerprint density at radius 2 is 1.67 bits per heavy atom. The van der Waals surface area contributed by atoms with E-state index in [1.807, 2.05) is 0 Å². The van der Waals surface area contributed by atoms with E-state index in [0.29, 0.717) is 19.4 Å². The Labute approximate surface area is 144 Å². The zero-order valence-electron chi connectivity index (χ0n) is 14.4. The van der Waals surface area contributed by atoms with Gasteiger partial charge in [-0.15, -0.1) is 0 Å². The van der Waals surface area contributed by atoms with Crippen LogP contribution in [0.1, 0.15) is 31.2 Å². The van der Waals surface area contributed by atoms with Crippen molar-refractivity contribution in [2.24, 2.45) is 0 Å². The van der Waals surface area contributed by atoms with E-state index in [4.69, 9.17) is 0 Å². The summed E-state index contributed by atoms with van der Waals surface area (Å²) in [5.41, 5.74) is 0.261. The maximum atomic E-state index is 12.1. The minimum Gasteiger partial charge on any atom is -0.380 e. The monoisotopic (exact) mass is 331 g/mol. The molecule has 0 radical (unpaired) electrons. The molecule has 1 saturated heterocycles. The second-order valence-electron chi connectivity index (χ2n) is 7.10. The first kappa shape index (κ1) is 17.4. The lowest BCUT2D eigenvalue weighted by molar-refractivity contribution is -0.139. The molecule has 1 aromatic rings. The van der Waals surface area contributed by atoms with Crippen molar-refractivity contribution in [2.45, 2.75) is 37.8 Å². The van der Waals surface area contributed by atoms with Gasteiger partial charge in [-0.3, -0.25) is 14.6 Å². The molecule has 0 unspecified atom stereocenters. The van der Waals surface area contributed by atoms with Gasteiger partial charge in [-0.25, -0.2) is 0 Å². The highest BCUT2D eigenvalue weighted by Gasteiger charge is 2.38. The van der Waals surface area contributed by atoms with Crippen molar-refractivity contribution < 1.29 is 9.90 Å². The molecular formula is C19H29N3O2. The minimum atomic E-state index is -1.10. The summed E-state index contributed by atoms with van der Waals surface area (Å²) in [5, 5.41) is 13.2. The molecule has 0 spiro atoms. The summed E-state index contributed by atoms with van der Waals surface area (Å²) in [6, 6.07) is 10.6. The molecule has 3 rings (SSSR count). The van der Waals surface area contributed by atoms with Crippen LogP contribution in [0.3, 0.4) is 0 Å². The SMILES string of the molecule is O=C(NCCN1CCN(Cc2ccccc2)CC1)C1(O)CCCC1. The molecule has 1 aliphatic carbocycles. The summed E-state index contributed by atoms with van der Waals surface area (Å²) in [5.74, 6) is -0.178. The van der Waals surface area contributed by atoms with Crippen molar-refractivity contribution in [1.29, 1.82) is 0 Å². The third kappa shape index (κ3) is 4.56. The third-order valence-electron chi connectivity index (χ3n) is 5.28. The van der Waals surface area contributed by atoms with E-state index in [1.54, 1.807) is 0 Å². The summed E-state index contributed by atoms with van der Waals surface area (Å²) in [6.45, 7) is 6.69. The van der Waals surface area contributed by atoms with Gasteiger partial charge < -0.3 is 10.4 Å². The highest BCUT2D eigenvalue weighted by atomic mass is 16.3. The Kier molecular flexibility index (Phi) is 5.87. The first-order chi connectivity index (χ1) is 11.7. The van der Waals surface area contributed by atoms with Crippen LogP contribution in [0, 0.1) is 0 Å². The van der Waals surface area contributed by atoms with Gasteiger partial charge in [0.1, 0.15) is 5.60 Å². The maximum Gasteiger partial charge on any atom is 0.252 e. The number of carbonyl (C=O) groups excluding carboxylic acids is 1.